The molecule has 0 aromatic carbocycles. The summed E-state index contributed by atoms with van der Waals surface area (Å²) in [5.74, 6) is 0. The molecule has 0 aromatic heterocycles. The second kappa shape index (κ2) is 54.1. The normalized spacial score (nSPS) is 0. The first-order valence-corrected chi connectivity index (χ1v) is 0. The maximum absolute atomic E-state index is 0. The van der Waals surface area contributed by atoms with Crippen molar-refractivity contribution >= 4 is 28.3 Å². The van der Waals surface area contributed by atoms with Gasteiger partial charge in [-0.3, -0.25) is 0 Å². The molecule has 0 aliphatic heterocycles. The van der Waals surface area contributed by atoms with Crippen LogP contribution in [0.2, 0.25) is 0 Å². The van der Waals surface area contributed by atoms with Gasteiger partial charge in [0.1, 0.15) is 0 Å². The zero-order valence-corrected chi connectivity index (χ0v) is 4.18. The molecule has 4 heavy (non-hydrogen) atoms. The van der Waals surface area contributed by atoms with Gasteiger partial charge in [0.05, 0.1) is 0 Å². The van der Waals surface area contributed by atoms with Crippen LogP contribution in [-0.2, 0) is 0 Å². The van der Waals surface area contributed by atoms with Crippen molar-refractivity contribution in [2.75, 3.05) is 0 Å². The molecule has 0 atom stereocenters. The standard InChI is InChI=1S/C.Al.N.Si/q;+3;-3;. The minimum absolute atomic E-state index is 0. The third kappa shape index (κ3) is 15.7. The van der Waals surface area contributed by atoms with Crippen LogP contribution in [0.15, 0.2) is 0 Å². The average Bonchev–Trinajstić information content (AvgIpc) is 0. The monoisotopic (exact) mass is 81.0 g/mol. The summed E-state index contributed by atoms with van der Waals surface area (Å²) in [6.45, 7) is 0. The van der Waals surface area contributed by atoms with Gasteiger partial charge in [0.25, 0.3) is 0 Å². The maximum atomic E-state index is 0. The molecule has 0 spiro atoms. The maximum Gasteiger partial charge on any atom is 3.00 e. The molecule has 0 aliphatic rings. The molecule has 0 aliphatic carbocycles. The van der Waals surface area contributed by atoms with Crippen molar-refractivity contribution in [3.8, 4) is 0 Å². The molecule has 0 saturated heterocycles. The van der Waals surface area contributed by atoms with Gasteiger partial charge >= 0.3 is 17.4 Å². The smallest absolute Gasteiger partial charge is 3.00 e. The summed E-state index contributed by atoms with van der Waals surface area (Å²) >= 11 is 0. The molecule has 8 radical (unpaired) electrons. The van der Waals surface area contributed by atoms with E-state index in [1.165, 1.54) is 0 Å². The summed E-state index contributed by atoms with van der Waals surface area (Å²) in [6.07, 6.45) is 0. The van der Waals surface area contributed by atoms with Crippen molar-refractivity contribution in [2.45, 2.75) is 0 Å². The van der Waals surface area contributed by atoms with E-state index in [-0.39, 0.29) is 41.9 Å². The fraction of sp³-hybridized carbons (Fsp3) is 0. The summed E-state index contributed by atoms with van der Waals surface area (Å²) in [5.41, 5.74) is 0. The third-order valence-electron chi connectivity index (χ3n) is 0. The van der Waals surface area contributed by atoms with Crippen LogP contribution in [0.25, 0.3) is 6.15 Å². The van der Waals surface area contributed by atoms with E-state index in [2.05, 4.69) is 0 Å². The van der Waals surface area contributed by atoms with Gasteiger partial charge in [-0.25, -0.2) is 0 Å². The fourth-order valence-corrected chi connectivity index (χ4v) is 0. The van der Waals surface area contributed by atoms with E-state index in [1.807, 2.05) is 0 Å². The van der Waals surface area contributed by atoms with Crippen molar-refractivity contribution < 1.29 is 0 Å². The molecule has 16 valence electrons. The molecule has 0 aromatic rings. The Labute approximate surface area is 42.5 Å². The minimum atomic E-state index is 0. The second-order valence-electron chi connectivity index (χ2n) is 0. The molecule has 0 bridgehead atoms. The first-order valence-electron chi connectivity index (χ1n) is 0. The predicted octanol–water partition coefficient (Wildman–Crippen LogP) is -0.392. The van der Waals surface area contributed by atoms with E-state index >= 15 is 0 Å². The van der Waals surface area contributed by atoms with E-state index in [1.54, 1.807) is 0 Å². The van der Waals surface area contributed by atoms with Crippen LogP contribution in [0.1, 0.15) is 0 Å². The number of hydrogen-bond acceptors (Lipinski definition) is 0. The van der Waals surface area contributed by atoms with Crippen molar-refractivity contribution in [3.63, 3.8) is 0 Å². The summed E-state index contributed by atoms with van der Waals surface area (Å²) in [6, 6.07) is 0. The Hall–Kier alpha value is 0.709. The van der Waals surface area contributed by atoms with Gasteiger partial charge in [0, 0.05) is 18.4 Å². The molecule has 0 N–H and O–H groups in total. The first-order chi connectivity index (χ1) is 0. The number of hydrogen-bond donors (Lipinski definition) is 0. The van der Waals surface area contributed by atoms with Gasteiger partial charge in [-0.15, -0.1) is 0 Å². The first kappa shape index (κ1) is 129. The Bertz CT molecular complexity index is 8.00. The van der Waals surface area contributed by atoms with Gasteiger partial charge in [-0.05, 0) is 0 Å². The van der Waals surface area contributed by atoms with E-state index in [9.17, 15) is 0 Å². The van der Waals surface area contributed by atoms with Crippen LogP contribution in [0.3, 0.4) is 0 Å². The Morgan fingerprint density at radius 3 is 1.00 bits per heavy atom. The Morgan fingerprint density at radius 1 is 1.00 bits per heavy atom. The summed E-state index contributed by atoms with van der Waals surface area (Å²) in [5, 5.41) is 0. The fourth-order valence-electron chi connectivity index (χ4n) is 0. The molecule has 0 rings (SSSR count). The van der Waals surface area contributed by atoms with Gasteiger partial charge in [0.15, 0.2) is 0 Å². The topological polar surface area (TPSA) is 30.5 Å². The van der Waals surface area contributed by atoms with E-state index in [4.69, 9.17) is 0 Å². The average molecular weight is 81.1 g/mol. The largest absolute Gasteiger partial charge is 3.00 e. The van der Waals surface area contributed by atoms with E-state index in [0.29, 0.717) is 0 Å². The van der Waals surface area contributed by atoms with Crippen LogP contribution >= 0.6 is 0 Å². The minimum Gasteiger partial charge on any atom is -3.00 e. The van der Waals surface area contributed by atoms with Crippen molar-refractivity contribution in [1.82, 2.24) is 0 Å². The second-order valence-corrected chi connectivity index (χ2v) is 0. The van der Waals surface area contributed by atoms with Crippen LogP contribution in [0.5, 0.6) is 0 Å². The Kier molecular flexibility index (Phi) is 1740. The van der Waals surface area contributed by atoms with Crippen molar-refractivity contribution in [2.24, 2.45) is 0 Å². The molecule has 0 saturated carbocycles. The van der Waals surface area contributed by atoms with Gasteiger partial charge in [-0.2, -0.15) is 0 Å². The van der Waals surface area contributed by atoms with Crippen LogP contribution in [-0.4, -0.2) is 28.3 Å². The molecular formula is CAlNSi. The Morgan fingerprint density at radius 2 is 1.00 bits per heavy atom. The molecule has 1 nitrogen and oxygen atoms in total. The molecule has 0 unspecified atom stereocenters. The zero-order chi connectivity index (χ0) is 0. The molecular weight excluding hydrogens is 81.1 g/mol. The molecule has 0 heterocycles. The van der Waals surface area contributed by atoms with Gasteiger partial charge < -0.3 is 6.15 Å². The molecule has 0 fully saturated rings. The van der Waals surface area contributed by atoms with Crippen LogP contribution in [0, 0.1) is 7.43 Å². The third-order valence-corrected chi connectivity index (χ3v) is 0. The SMILES string of the molecule is [Al+3].[C].[N-3].[Si]. The molecule has 3 heteroatoms. The van der Waals surface area contributed by atoms with Gasteiger partial charge in [0.2, 0.25) is 0 Å². The predicted molar refractivity (Wildman–Crippen MR) is 18.1 cm³/mol. The quantitative estimate of drug-likeness (QED) is 0.355. The number of rotatable bonds is 0. The summed E-state index contributed by atoms with van der Waals surface area (Å²) in [4.78, 5) is 0. The van der Waals surface area contributed by atoms with Crippen molar-refractivity contribution in [3.05, 3.63) is 13.6 Å². The number of nitrogens with zero attached hydrogens (tertiary/aromatic N) is 1. The summed E-state index contributed by atoms with van der Waals surface area (Å²) in [7, 11) is 0. The van der Waals surface area contributed by atoms with E-state index in [0.717, 1.165) is 0 Å². The molecule has 0 amide bonds. The summed E-state index contributed by atoms with van der Waals surface area (Å²) < 4.78 is 0. The zero-order valence-electron chi connectivity index (χ0n) is 2.02. The van der Waals surface area contributed by atoms with E-state index < -0.39 is 0 Å². The van der Waals surface area contributed by atoms with Crippen LogP contribution < -0.4 is 0 Å². The van der Waals surface area contributed by atoms with Crippen molar-refractivity contribution in [1.29, 1.82) is 0 Å². The van der Waals surface area contributed by atoms with Gasteiger partial charge in [-0.1, -0.05) is 0 Å². The Balaban J connectivity index is 0. The van der Waals surface area contributed by atoms with Crippen LogP contribution in [0.4, 0.5) is 0 Å².